The third-order valence-corrected chi connectivity index (χ3v) is 6.07. The van der Waals surface area contributed by atoms with Crippen molar-refractivity contribution < 1.29 is 19.7 Å². The molecular formula is C22H28O4. The van der Waals surface area contributed by atoms with Gasteiger partial charge in [0.05, 0.1) is 11.2 Å². The van der Waals surface area contributed by atoms with Gasteiger partial charge in [-0.15, -0.1) is 0 Å². The molecule has 2 aliphatic rings. The van der Waals surface area contributed by atoms with Crippen molar-refractivity contribution in [2.75, 3.05) is 0 Å². The van der Waals surface area contributed by atoms with Gasteiger partial charge in [0.1, 0.15) is 11.9 Å². The second-order valence-corrected chi connectivity index (χ2v) is 7.99. The van der Waals surface area contributed by atoms with Crippen molar-refractivity contribution in [3.05, 3.63) is 52.6 Å². The summed E-state index contributed by atoms with van der Waals surface area (Å²) in [5.74, 6) is -0.118. The number of rotatable bonds is 3. The summed E-state index contributed by atoms with van der Waals surface area (Å²) in [5, 5.41) is 20.6. The Balaban J connectivity index is 1.88. The Kier molecular flexibility index (Phi) is 4.98. The number of ether oxygens (including phenoxy) is 1. The molecule has 4 nitrogen and oxygen atoms in total. The third kappa shape index (κ3) is 3.30. The first kappa shape index (κ1) is 18.7. The van der Waals surface area contributed by atoms with Gasteiger partial charge in [-0.1, -0.05) is 31.1 Å². The fraction of sp³-hybridized carbons (Fsp3) is 0.500. The predicted molar refractivity (Wildman–Crippen MR) is 101 cm³/mol. The van der Waals surface area contributed by atoms with E-state index in [2.05, 4.69) is 13.0 Å². The van der Waals surface area contributed by atoms with E-state index in [1.165, 1.54) is 23.3 Å². The molecule has 1 aromatic carbocycles. The molecule has 0 aromatic heterocycles. The summed E-state index contributed by atoms with van der Waals surface area (Å²) in [6.07, 6.45) is 3.99. The van der Waals surface area contributed by atoms with E-state index in [1.807, 2.05) is 20.8 Å². The van der Waals surface area contributed by atoms with Crippen LogP contribution < -0.4 is 0 Å². The smallest absolute Gasteiger partial charge is 0.338 e. The van der Waals surface area contributed by atoms with Crippen molar-refractivity contribution in [3.63, 3.8) is 0 Å². The Hall–Kier alpha value is -2.07. The maximum atomic E-state index is 12.6. The van der Waals surface area contributed by atoms with E-state index in [1.54, 1.807) is 12.1 Å². The van der Waals surface area contributed by atoms with Crippen LogP contribution in [-0.4, -0.2) is 27.9 Å². The van der Waals surface area contributed by atoms with E-state index in [4.69, 9.17) is 4.74 Å². The quantitative estimate of drug-likeness (QED) is 0.623. The molecule has 0 saturated carbocycles. The van der Waals surface area contributed by atoms with E-state index in [9.17, 15) is 15.0 Å². The number of esters is 1. The van der Waals surface area contributed by atoms with E-state index in [0.29, 0.717) is 18.4 Å². The average molecular weight is 356 g/mol. The van der Waals surface area contributed by atoms with Crippen LogP contribution in [0.1, 0.15) is 57.3 Å². The first-order chi connectivity index (χ1) is 12.2. The molecule has 4 heteroatoms. The van der Waals surface area contributed by atoms with Crippen molar-refractivity contribution in [2.45, 2.75) is 58.7 Å². The minimum atomic E-state index is -0.831. The Labute approximate surface area is 155 Å². The zero-order valence-corrected chi connectivity index (χ0v) is 16.0. The Bertz CT molecular complexity index is 757. The number of allylic oxidation sites excluding steroid dienone is 1. The number of aliphatic hydroxyl groups is 1. The van der Waals surface area contributed by atoms with Crippen LogP contribution in [0.2, 0.25) is 0 Å². The van der Waals surface area contributed by atoms with Crippen LogP contribution >= 0.6 is 0 Å². The number of fused-ring (bicyclic) bond motifs is 1. The highest BCUT2D eigenvalue weighted by atomic mass is 16.5. The van der Waals surface area contributed by atoms with E-state index in [0.717, 1.165) is 12.0 Å². The molecule has 0 heterocycles. The van der Waals surface area contributed by atoms with Crippen molar-refractivity contribution in [1.82, 2.24) is 0 Å². The summed E-state index contributed by atoms with van der Waals surface area (Å²) in [6, 6.07) is 6.10. The van der Waals surface area contributed by atoms with Gasteiger partial charge in [0.2, 0.25) is 0 Å². The van der Waals surface area contributed by atoms with Crippen molar-refractivity contribution in [1.29, 1.82) is 0 Å². The number of carbonyl (C=O) groups excluding carboxylic acids is 1. The van der Waals surface area contributed by atoms with E-state index < -0.39 is 5.60 Å². The standard InChI is InChI=1S/C22H28O4/c1-13(2)22(25)12-19-18(15(22)4)10-5-14(3)11-20(19)26-21(24)16-6-8-17(23)9-7-16/h5-9,13,19-20,23,25H,10-12H2,1-4H3. The lowest BCUT2D eigenvalue weighted by Gasteiger charge is -2.31. The SMILES string of the molecule is CC1=CCC2=C(C)C(O)(C(C)C)CC2C(OC(=O)c2ccc(O)cc2)C1. The number of carbonyl (C=O) groups is 1. The van der Waals surface area contributed by atoms with Crippen molar-refractivity contribution in [2.24, 2.45) is 11.8 Å². The van der Waals surface area contributed by atoms with Crippen molar-refractivity contribution >= 4 is 5.97 Å². The summed E-state index contributed by atoms with van der Waals surface area (Å²) in [4.78, 5) is 12.6. The van der Waals surface area contributed by atoms with Crippen LogP contribution in [0.3, 0.4) is 0 Å². The zero-order valence-electron chi connectivity index (χ0n) is 16.0. The maximum Gasteiger partial charge on any atom is 0.338 e. The molecule has 140 valence electrons. The van der Waals surface area contributed by atoms with Gasteiger partial charge in [0, 0.05) is 12.3 Å². The summed E-state index contributed by atoms with van der Waals surface area (Å²) in [7, 11) is 0. The number of phenols is 1. The van der Waals surface area contributed by atoms with Gasteiger partial charge in [-0.25, -0.2) is 4.79 Å². The Morgan fingerprint density at radius 1 is 1.23 bits per heavy atom. The molecule has 2 N–H and O–H groups in total. The fourth-order valence-electron chi connectivity index (χ4n) is 4.25. The lowest BCUT2D eigenvalue weighted by atomic mass is 9.82. The summed E-state index contributed by atoms with van der Waals surface area (Å²) in [5.41, 5.74) is 3.04. The summed E-state index contributed by atoms with van der Waals surface area (Å²) in [6.45, 7) is 8.15. The highest BCUT2D eigenvalue weighted by Gasteiger charge is 2.48. The molecule has 1 aromatic rings. The monoisotopic (exact) mass is 356 g/mol. The minimum absolute atomic E-state index is 0.0390. The second kappa shape index (κ2) is 6.92. The zero-order chi connectivity index (χ0) is 19.1. The van der Waals surface area contributed by atoms with Crippen LogP contribution in [0.5, 0.6) is 5.75 Å². The third-order valence-electron chi connectivity index (χ3n) is 6.07. The normalized spacial score (nSPS) is 28.6. The minimum Gasteiger partial charge on any atom is -0.508 e. The lowest BCUT2D eigenvalue weighted by molar-refractivity contribution is -0.00813. The van der Waals surface area contributed by atoms with Crippen molar-refractivity contribution in [3.8, 4) is 5.75 Å². The molecule has 3 rings (SSSR count). The van der Waals surface area contributed by atoms with Gasteiger partial charge in [-0.2, -0.15) is 0 Å². The van der Waals surface area contributed by atoms with Gasteiger partial charge in [0.25, 0.3) is 0 Å². The fourth-order valence-corrected chi connectivity index (χ4v) is 4.25. The Morgan fingerprint density at radius 3 is 2.50 bits per heavy atom. The molecule has 0 bridgehead atoms. The van der Waals surface area contributed by atoms with Crippen LogP contribution in [0.25, 0.3) is 0 Å². The van der Waals surface area contributed by atoms with Crippen LogP contribution in [-0.2, 0) is 4.74 Å². The predicted octanol–water partition coefficient (Wildman–Crippen LogP) is 4.38. The van der Waals surface area contributed by atoms with Gasteiger partial charge in [-0.05, 0) is 62.4 Å². The van der Waals surface area contributed by atoms with Gasteiger partial charge in [0.15, 0.2) is 0 Å². The largest absolute Gasteiger partial charge is 0.508 e. The molecule has 3 unspecified atom stereocenters. The number of benzene rings is 1. The van der Waals surface area contributed by atoms with Gasteiger partial charge >= 0.3 is 5.97 Å². The summed E-state index contributed by atoms with van der Waals surface area (Å²) < 4.78 is 5.90. The van der Waals surface area contributed by atoms with Crippen LogP contribution in [0.15, 0.2) is 47.1 Å². The molecule has 2 aliphatic carbocycles. The Morgan fingerprint density at radius 2 is 1.88 bits per heavy atom. The highest BCUT2D eigenvalue weighted by molar-refractivity contribution is 5.89. The molecule has 0 saturated heterocycles. The number of aromatic hydroxyl groups is 1. The molecule has 0 fully saturated rings. The average Bonchev–Trinajstić information content (AvgIpc) is 2.75. The van der Waals surface area contributed by atoms with Crippen LogP contribution in [0.4, 0.5) is 0 Å². The summed E-state index contributed by atoms with van der Waals surface area (Å²) >= 11 is 0. The molecule has 0 amide bonds. The number of hydrogen-bond donors (Lipinski definition) is 2. The molecular weight excluding hydrogens is 328 g/mol. The molecule has 3 atom stereocenters. The number of hydrogen-bond acceptors (Lipinski definition) is 4. The molecule has 26 heavy (non-hydrogen) atoms. The molecule has 0 aliphatic heterocycles. The second-order valence-electron chi connectivity index (χ2n) is 7.99. The maximum absolute atomic E-state index is 12.6. The van der Waals surface area contributed by atoms with Crippen LogP contribution in [0, 0.1) is 11.8 Å². The molecule has 0 spiro atoms. The number of phenolic OH excluding ortho intramolecular Hbond substituents is 1. The van der Waals surface area contributed by atoms with E-state index >= 15 is 0 Å². The first-order valence-electron chi connectivity index (χ1n) is 9.30. The van der Waals surface area contributed by atoms with E-state index in [-0.39, 0.29) is 29.7 Å². The highest BCUT2D eigenvalue weighted by Crippen LogP contribution is 2.49. The molecule has 0 radical (unpaired) electrons. The lowest BCUT2D eigenvalue weighted by Crippen LogP contribution is -2.36. The first-order valence-corrected chi connectivity index (χ1v) is 9.30. The van der Waals surface area contributed by atoms with Gasteiger partial charge < -0.3 is 14.9 Å². The van der Waals surface area contributed by atoms with Gasteiger partial charge in [-0.3, -0.25) is 0 Å². The topological polar surface area (TPSA) is 66.8 Å².